The van der Waals surface area contributed by atoms with Crippen LogP contribution in [0, 0.1) is 5.92 Å². The van der Waals surface area contributed by atoms with Crippen LogP contribution in [0.15, 0.2) is 23.4 Å². The number of pyridine rings is 1. The molecule has 23 heavy (non-hydrogen) atoms. The summed E-state index contributed by atoms with van der Waals surface area (Å²) >= 11 is 1.53. The molecular weight excluding hydrogens is 308 g/mol. The Bertz CT molecular complexity index is 548. The summed E-state index contributed by atoms with van der Waals surface area (Å²) in [6.07, 6.45) is 10.00. The maximum atomic E-state index is 13.0. The Morgan fingerprint density at radius 2 is 2.26 bits per heavy atom. The molecule has 0 radical (unpaired) electrons. The van der Waals surface area contributed by atoms with Crippen LogP contribution in [-0.4, -0.2) is 47.3 Å². The van der Waals surface area contributed by atoms with Crippen LogP contribution in [0.5, 0.6) is 0 Å². The third-order valence-corrected chi connectivity index (χ3v) is 5.41. The molecule has 1 saturated carbocycles. The summed E-state index contributed by atoms with van der Waals surface area (Å²) < 4.78 is 6.27. The van der Waals surface area contributed by atoms with E-state index in [0.29, 0.717) is 12.5 Å². The normalized spacial score (nSPS) is 24.7. The van der Waals surface area contributed by atoms with Crippen molar-refractivity contribution in [1.29, 1.82) is 0 Å². The van der Waals surface area contributed by atoms with Crippen LogP contribution in [0.4, 0.5) is 0 Å². The predicted octanol–water partition coefficient (Wildman–Crippen LogP) is 3.61. The zero-order chi connectivity index (χ0) is 16.2. The van der Waals surface area contributed by atoms with E-state index in [0.717, 1.165) is 30.0 Å². The largest absolute Gasteiger partial charge is 0.371 e. The SMILES string of the molecule is CCCC[C@@H]1CN(C(=O)c2cccnc2SC)C[C@H](C2CC2)O1. The summed E-state index contributed by atoms with van der Waals surface area (Å²) in [5.41, 5.74) is 0.727. The summed E-state index contributed by atoms with van der Waals surface area (Å²) in [6, 6.07) is 3.74. The van der Waals surface area contributed by atoms with E-state index in [-0.39, 0.29) is 18.1 Å². The zero-order valence-electron chi connectivity index (χ0n) is 14.0. The number of rotatable bonds is 6. The van der Waals surface area contributed by atoms with Crippen molar-refractivity contribution in [3.8, 4) is 0 Å². The molecule has 3 rings (SSSR count). The summed E-state index contributed by atoms with van der Waals surface area (Å²) in [7, 11) is 0. The molecular formula is C18H26N2O2S. The molecule has 5 heteroatoms. The molecule has 1 saturated heterocycles. The van der Waals surface area contributed by atoms with E-state index in [9.17, 15) is 4.79 Å². The maximum absolute atomic E-state index is 13.0. The van der Waals surface area contributed by atoms with Crippen molar-refractivity contribution in [1.82, 2.24) is 9.88 Å². The van der Waals surface area contributed by atoms with Crippen LogP contribution in [0.2, 0.25) is 0 Å². The molecule has 2 fully saturated rings. The molecule has 0 unspecified atom stereocenters. The third-order valence-electron chi connectivity index (χ3n) is 4.70. The minimum Gasteiger partial charge on any atom is -0.371 e. The van der Waals surface area contributed by atoms with Gasteiger partial charge in [-0.05, 0) is 43.6 Å². The van der Waals surface area contributed by atoms with Crippen LogP contribution in [-0.2, 0) is 4.74 Å². The lowest BCUT2D eigenvalue weighted by Gasteiger charge is -2.38. The maximum Gasteiger partial charge on any atom is 0.256 e. The number of morpholine rings is 1. The number of nitrogens with zero attached hydrogens (tertiary/aromatic N) is 2. The predicted molar refractivity (Wildman–Crippen MR) is 92.8 cm³/mol. The smallest absolute Gasteiger partial charge is 0.256 e. The molecule has 1 amide bonds. The molecule has 2 atom stereocenters. The van der Waals surface area contributed by atoms with Gasteiger partial charge < -0.3 is 9.64 Å². The van der Waals surface area contributed by atoms with E-state index < -0.39 is 0 Å². The minimum atomic E-state index is 0.109. The Kier molecular flexibility index (Phi) is 5.59. The molecule has 1 aliphatic heterocycles. The Morgan fingerprint density at radius 3 is 2.96 bits per heavy atom. The number of amides is 1. The molecule has 1 aromatic heterocycles. The second kappa shape index (κ2) is 7.67. The van der Waals surface area contributed by atoms with Gasteiger partial charge in [0.1, 0.15) is 5.03 Å². The lowest BCUT2D eigenvalue weighted by atomic mass is 10.1. The first kappa shape index (κ1) is 16.8. The van der Waals surface area contributed by atoms with Gasteiger partial charge in [-0.25, -0.2) is 4.98 Å². The Hall–Kier alpha value is -1.07. The number of aromatic nitrogens is 1. The van der Waals surface area contributed by atoms with E-state index in [1.165, 1.54) is 31.0 Å². The van der Waals surface area contributed by atoms with E-state index >= 15 is 0 Å². The molecule has 0 spiro atoms. The van der Waals surface area contributed by atoms with Crippen molar-refractivity contribution in [2.24, 2.45) is 5.92 Å². The van der Waals surface area contributed by atoms with Crippen LogP contribution in [0.3, 0.4) is 0 Å². The van der Waals surface area contributed by atoms with Gasteiger partial charge in [-0.3, -0.25) is 4.79 Å². The lowest BCUT2D eigenvalue weighted by Crippen LogP contribution is -2.50. The molecule has 0 aromatic carbocycles. The van der Waals surface area contributed by atoms with Gasteiger partial charge in [0, 0.05) is 19.3 Å². The first-order chi connectivity index (χ1) is 11.2. The number of hydrogen-bond donors (Lipinski definition) is 0. The van der Waals surface area contributed by atoms with Gasteiger partial charge in [0.05, 0.1) is 17.8 Å². The highest BCUT2D eigenvalue weighted by atomic mass is 32.2. The topological polar surface area (TPSA) is 42.4 Å². The summed E-state index contributed by atoms with van der Waals surface area (Å²) in [5.74, 6) is 0.765. The molecule has 2 heterocycles. The highest BCUT2D eigenvalue weighted by Crippen LogP contribution is 2.37. The average molecular weight is 334 g/mol. The monoisotopic (exact) mass is 334 g/mol. The fraction of sp³-hybridized carbons (Fsp3) is 0.667. The second-order valence-corrected chi connectivity index (χ2v) is 7.34. The molecule has 1 aliphatic carbocycles. The van der Waals surface area contributed by atoms with E-state index in [4.69, 9.17) is 4.74 Å². The van der Waals surface area contributed by atoms with Gasteiger partial charge in [-0.1, -0.05) is 19.8 Å². The van der Waals surface area contributed by atoms with Gasteiger partial charge in [0.25, 0.3) is 5.91 Å². The fourth-order valence-corrected chi connectivity index (χ4v) is 3.78. The lowest BCUT2D eigenvalue weighted by molar-refractivity contribution is -0.0875. The highest BCUT2D eigenvalue weighted by Gasteiger charge is 2.39. The van der Waals surface area contributed by atoms with Crippen LogP contribution < -0.4 is 0 Å². The number of hydrogen-bond acceptors (Lipinski definition) is 4. The van der Waals surface area contributed by atoms with Crippen molar-refractivity contribution in [2.45, 2.75) is 56.3 Å². The number of thioether (sulfide) groups is 1. The molecule has 126 valence electrons. The number of carbonyl (C=O) groups is 1. The van der Waals surface area contributed by atoms with Gasteiger partial charge in [-0.15, -0.1) is 11.8 Å². The average Bonchev–Trinajstić information content (AvgIpc) is 3.44. The molecule has 1 aromatic rings. The molecule has 0 N–H and O–H groups in total. The van der Waals surface area contributed by atoms with Gasteiger partial charge in [0.15, 0.2) is 0 Å². The van der Waals surface area contributed by atoms with E-state index in [2.05, 4.69) is 11.9 Å². The van der Waals surface area contributed by atoms with Crippen molar-refractivity contribution >= 4 is 17.7 Å². The molecule has 2 aliphatic rings. The van der Waals surface area contributed by atoms with Crippen molar-refractivity contribution in [3.05, 3.63) is 23.9 Å². The van der Waals surface area contributed by atoms with Crippen molar-refractivity contribution in [2.75, 3.05) is 19.3 Å². The van der Waals surface area contributed by atoms with Crippen molar-refractivity contribution in [3.63, 3.8) is 0 Å². The summed E-state index contributed by atoms with van der Waals surface area (Å²) in [5, 5.41) is 0.817. The standard InChI is InChI=1S/C18H26N2O2S/c1-3-4-6-14-11-20(12-16(22-14)13-8-9-13)18(21)15-7-5-10-19-17(15)23-2/h5,7,10,13-14,16H,3-4,6,8-9,11-12H2,1-2H3/t14-,16-/m1/s1. The Balaban J connectivity index is 1.74. The highest BCUT2D eigenvalue weighted by molar-refractivity contribution is 7.98. The molecule has 4 nitrogen and oxygen atoms in total. The van der Waals surface area contributed by atoms with Gasteiger partial charge in [-0.2, -0.15) is 0 Å². The van der Waals surface area contributed by atoms with E-state index in [1.54, 1.807) is 6.20 Å². The first-order valence-electron chi connectivity index (χ1n) is 8.66. The van der Waals surface area contributed by atoms with Crippen molar-refractivity contribution < 1.29 is 9.53 Å². The Morgan fingerprint density at radius 1 is 1.43 bits per heavy atom. The number of ether oxygens (including phenoxy) is 1. The van der Waals surface area contributed by atoms with Crippen LogP contribution in [0.25, 0.3) is 0 Å². The second-order valence-electron chi connectivity index (χ2n) is 6.55. The third kappa shape index (κ3) is 4.07. The van der Waals surface area contributed by atoms with Gasteiger partial charge >= 0.3 is 0 Å². The summed E-state index contributed by atoms with van der Waals surface area (Å²) in [6.45, 7) is 3.64. The minimum absolute atomic E-state index is 0.109. The number of carbonyl (C=O) groups excluding carboxylic acids is 1. The Labute approximate surface area is 143 Å². The van der Waals surface area contributed by atoms with Crippen LogP contribution in [0.1, 0.15) is 49.4 Å². The zero-order valence-corrected chi connectivity index (χ0v) is 14.8. The molecule has 0 bridgehead atoms. The van der Waals surface area contributed by atoms with Crippen LogP contribution >= 0.6 is 11.8 Å². The number of unbranched alkanes of at least 4 members (excludes halogenated alkanes) is 1. The van der Waals surface area contributed by atoms with Gasteiger partial charge in [0.2, 0.25) is 0 Å². The fourth-order valence-electron chi connectivity index (χ4n) is 3.24. The first-order valence-corrected chi connectivity index (χ1v) is 9.89. The van der Waals surface area contributed by atoms with E-state index in [1.807, 2.05) is 23.3 Å². The quantitative estimate of drug-likeness (QED) is 0.745. The summed E-state index contributed by atoms with van der Waals surface area (Å²) in [4.78, 5) is 19.3.